The lowest BCUT2D eigenvalue weighted by Crippen LogP contribution is -2.41. The fourth-order valence-electron chi connectivity index (χ4n) is 7.64. The van der Waals surface area contributed by atoms with Crippen molar-refractivity contribution in [3.63, 3.8) is 0 Å². The van der Waals surface area contributed by atoms with Crippen molar-refractivity contribution in [2.75, 3.05) is 37.2 Å². The third-order valence-electron chi connectivity index (χ3n) is 10.6. The second-order valence-electron chi connectivity index (χ2n) is 15.5. The highest BCUT2D eigenvalue weighted by Crippen LogP contribution is 2.36. The normalized spacial score (nSPS) is 13.3. The topological polar surface area (TPSA) is 112 Å². The van der Waals surface area contributed by atoms with Crippen LogP contribution in [0.4, 0.5) is 10.5 Å². The fourth-order valence-corrected chi connectivity index (χ4v) is 8.20. The van der Waals surface area contributed by atoms with E-state index in [1.165, 1.54) is 11.1 Å². The van der Waals surface area contributed by atoms with Crippen molar-refractivity contribution in [3.8, 4) is 11.3 Å². The number of nitrogens with one attached hydrogen (secondary N) is 2. The number of ether oxygens (including phenoxy) is 1. The van der Waals surface area contributed by atoms with Crippen LogP contribution >= 0.6 is 0 Å². The number of sulfonamides is 1. The number of aromatic amines is 1. The average Bonchev–Trinajstić information content (AvgIpc) is 3.82. The van der Waals surface area contributed by atoms with Crippen molar-refractivity contribution in [3.05, 3.63) is 124 Å². The summed E-state index contributed by atoms with van der Waals surface area (Å²) in [6.45, 7) is 11.0. The zero-order valence-corrected chi connectivity index (χ0v) is 33.6. The van der Waals surface area contributed by atoms with E-state index in [0.29, 0.717) is 25.2 Å². The third kappa shape index (κ3) is 10.2. The first-order valence-electron chi connectivity index (χ1n) is 19.3. The van der Waals surface area contributed by atoms with E-state index in [-0.39, 0.29) is 18.6 Å². The molecule has 1 fully saturated rings. The highest BCUT2D eigenvalue weighted by Gasteiger charge is 2.35. The molecule has 0 bridgehead atoms. The van der Waals surface area contributed by atoms with Crippen LogP contribution in [0.1, 0.15) is 72.9 Å². The monoisotopic (exact) mass is 762 g/mol. The molecule has 1 aromatic heterocycles. The number of anilines is 1. The molecule has 5 aromatic rings. The summed E-state index contributed by atoms with van der Waals surface area (Å²) in [5, 5.41) is 1.06. The summed E-state index contributed by atoms with van der Waals surface area (Å²) in [4.78, 5) is 35.1. The number of nitrogens with zero attached hydrogens (tertiary/aromatic N) is 2. The molecule has 0 atom stereocenters. The molecule has 1 saturated heterocycles. The van der Waals surface area contributed by atoms with Crippen LogP contribution in [0, 0.1) is 13.8 Å². The standard InChI is InChI=1S/C45H54N4O5S/c1-32-27-33(2)29-36(28-32)42-39(40-30-37(18-21-41(40)46-42)45(3,4)43(50)48-23-11-12-24-48)22-26-49(44(51)54-31-35-14-7-6-8-15-35)25-10-9-13-34-16-19-38(20-17-34)47-55(5,52)53/h6-8,14-21,27-30,46-47H,9-13,22-26,31H2,1-5H3. The molecule has 9 nitrogen and oxygen atoms in total. The summed E-state index contributed by atoms with van der Waals surface area (Å²) in [6, 6.07) is 30.0. The number of hydrogen-bond donors (Lipinski definition) is 2. The molecular weight excluding hydrogens is 709 g/mol. The number of unbranched alkanes of at least 4 members (excludes halogenated alkanes) is 1. The lowest BCUT2D eigenvalue weighted by Gasteiger charge is -2.29. The Labute approximate surface area is 326 Å². The Bertz CT molecular complexity index is 2200. The number of amides is 2. The molecule has 1 aliphatic rings. The Kier molecular flexibility index (Phi) is 12.3. The number of carbonyl (C=O) groups excluding carboxylic acids is 2. The summed E-state index contributed by atoms with van der Waals surface area (Å²) in [5.74, 6) is 0.157. The fraction of sp³-hybridized carbons (Fsp3) is 0.378. The number of fused-ring (bicyclic) bond motifs is 1. The first-order valence-corrected chi connectivity index (χ1v) is 21.2. The minimum Gasteiger partial charge on any atom is -0.445 e. The van der Waals surface area contributed by atoms with Gasteiger partial charge in [0.15, 0.2) is 0 Å². The quantitative estimate of drug-likeness (QED) is 0.104. The summed E-state index contributed by atoms with van der Waals surface area (Å²) in [7, 11) is -3.34. The van der Waals surface area contributed by atoms with Crippen molar-refractivity contribution in [1.29, 1.82) is 0 Å². The molecule has 0 aliphatic carbocycles. The van der Waals surface area contributed by atoms with Gasteiger partial charge in [0.05, 0.1) is 11.7 Å². The van der Waals surface area contributed by atoms with Gasteiger partial charge in [0.2, 0.25) is 15.9 Å². The van der Waals surface area contributed by atoms with E-state index in [0.717, 1.165) is 95.9 Å². The highest BCUT2D eigenvalue weighted by atomic mass is 32.2. The molecule has 0 radical (unpaired) electrons. The number of aromatic nitrogens is 1. The number of hydrogen-bond acceptors (Lipinski definition) is 5. The zero-order chi connectivity index (χ0) is 39.2. The first kappa shape index (κ1) is 39.6. The van der Waals surface area contributed by atoms with Crippen LogP contribution in [0.15, 0.2) is 91.0 Å². The number of aryl methyl sites for hydroxylation is 3. The minimum absolute atomic E-state index is 0.157. The van der Waals surface area contributed by atoms with Crippen LogP contribution in [0.3, 0.4) is 0 Å². The molecule has 10 heteroatoms. The maximum atomic E-state index is 13.8. The molecule has 0 spiro atoms. The van der Waals surface area contributed by atoms with Gasteiger partial charge in [0, 0.05) is 48.5 Å². The molecule has 1 aliphatic heterocycles. The molecule has 55 heavy (non-hydrogen) atoms. The van der Waals surface area contributed by atoms with Gasteiger partial charge in [-0.25, -0.2) is 13.2 Å². The summed E-state index contributed by atoms with van der Waals surface area (Å²) < 4.78 is 31.6. The Hall–Kier alpha value is -5.09. The predicted octanol–water partition coefficient (Wildman–Crippen LogP) is 8.93. The van der Waals surface area contributed by atoms with E-state index in [1.54, 1.807) is 12.1 Å². The Morgan fingerprint density at radius 1 is 0.836 bits per heavy atom. The molecule has 2 amide bonds. The van der Waals surface area contributed by atoms with Crippen LogP contribution < -0.4 is 4.72 Å². The highest BCUT2D eigenvalue weighted by molar-refractivity contribution is 7.92. The SMILES string of the molecule is Cc1cc(C)cc(-c2[nH]c3ccc(C(C)(C)C(=O)N4CCCC4)cc3c2CCN(CCCCc2ccc(NS(C)(=O)=O)cc2)C(=O)OCc2ccccc2)c1. The maximum Gasteiger partial charge on any atom is 0.410 e. The van der Waals surface area contributed by atoms with E-state index in [4.69, 9.17) is 4.74 Å². The van der Waals surface area contributed by atoms with E-state index < -0.39 is 15.4 Å². The first-order chi connectivity index (χ1) is 26.3. The third-order valence-corrected chi connectivity index (χ3v) is 11.2. The van der Waals surface area contributed by atoms with Crippen LogP contribution in [0.5, 0.6) is 0 Å². The molecule has 2 heterocycles. The Morgan fingerprint density at radius 3 is 2.20 bits per heavy atom. The van der Waals surface area contributed by atoms with Crippen molar-refractivity contribution in [2.24, 2.45) is 0 Å². The van der Waals surface area contributed by atoms with Gasteiger partial charge in [-0.15, -0.1) is 0 Å². The van der Waals surface area contributed by atoms with Crippen molar-refractivity contribution < 1.29 is 22.7 Å². The van der Waals surface area contributed by atoms with Crippen molar-refractivity contribution in [2.45, 2.75) is 78.2 Å². The average molecular weight is 763 g/mol. The van der Waals surface area contributed by atoms with Gasteiger partial charge in [0.1, 0.15) is 6.61 Å². The van der Waals surface area contributed by atoms with Crippen molar-refractivity contribution in [1.82, 2.24) is 14.8 Å². The largest absolute Gasteiger partial charge is 0.445 e. The van der Waals surface area contributed by atoms with Crippen LogP contribution in [0.25, 0.3) is 22.2 Å². The Morgan fingerprint density at radius 2 is 1.53 bits per heavy atom. The van der Waals surface area contributed by atoms with Gasteiger partial charge in [-0.05, 0) is 130 Å². The minimum atomic E-state index is -3.34. The number of likely N-dealkylation sites (tertiary alicyclic amines) is 1. The molecule has 0 saturated carbocycles. The number of benzene rings is 4. The maximum absolute atomic E-state index is 13.8. The van der Waals surface area contributed by atoms with Gasteiger partial charge in [-0.2, -0.15) is 0 Å². The number of H-pyrrole nitrogens is 1. The molecule has 0 unspecified atom stereocenters. The van der Waals surface area contributed by atoms with E-state index in [2.05, 4.69) is 60.0 Å². The van der Waals surface area contributed by atoms with E-state index in [1.807, 2.05) is 66.1 Å². The molecule has 6 rings (SSSR count). The predicted molar refractivity (Wildman–Crippen MR) is 222 cm³/mol. The van der Waals surface area contributed by atoms with Crippen molar-refractivity contribution >= 4 is 38.6 Å². The zero-order valence-electron chi connectivity index (χ0n) is 32.8. The summed E-state index contributed by atoms with van der Waals surface area (Å²) in [5.41, 5.74) is 9.40. The van der Waals surface area contributed by atoms with E-state index >= 15 is 0 Å². The lowest BCUT2D eigenvalue weighted by molar-refractivity contribution is -0.135. The summed E-state index contributed by atoms with van der Waals surface area (Å²) in [6.07, 6.45) is 5.85. The molecule has 4 aromatic carbocycles. The summed E-state index contributed by atoms with van der Waals surface area (Å²) >= 11 is 0. The Balaban J connectivity index is 1.26. The smallest absolute Gasteiger partial charge is 0.410 e. The number of carbonyl (C=O) groups is 2. The van der Waals surface area contributed by atoms with Gasteiger partial charge in [-0.3, -0.25) is 9.52 Å². The molecule has 290 valence electrons. The second-order valence-corrected chi connectivity index (χ2v) is 17.3. The number of rotatable bonds is 15. The van der Waals surface area contributed by atoms with E-state index in [9.17, 15) is 18.0 Å². The van der Waals surface area contributed by atoms with Gasteiger partial charge in [-0.1, -0.05) is 65.7 Å². The molecular formula is C45H54N4O5S. The lowest BCUT2D eigenvalue weighted by atomic mass is 9.82. The van der Waals surface area contributed by atoms with Crippen LogP contribution in [-0.2, 0) is 44.4 Å². The second kappa shape index (κ2) is 17.1. The van der Waals surface area contributed by atoms with Gasteiger partial charge in [0.25, 0.3) is 0 Å². The van der Waals surface area contributed by atoms with Crippen LogP contribution in [-0.4, -0.2) is 67.6 Å². The van der Waals surface area contributed by atoms with Crippen LogP contribution in [0.2, 0.25) is 0 Å². The van der Waals surface area contributed by atoms with Gasteiger partial charge < -0.3 is 19.5 Å². The molecule has 2 N–H and O–H groups in total. The van der Waals surface area contributed by atoms with Gasteiger partial charge >= 0.3 is 6.09 Å².